The van der Waals surface area contributed by atoms with Crippen molar-refractivity contribution in [3.8, 4) is 11.5 Å². The van der Waals surface area contributed by atoms with Gasteiger partial charge in [-0.05, 0) is 24.1 Å². The predicted octanol–water partition coefficient (Wildman–Crippen LogP) is 2.19. The highest BCUT2D eigenvalue weighted by molar-refractivity contribution is 5.80. The molecule has 0 radical (unpaired) electrons. The number of aliphatic carboxylic acids is 1. The van der Waals surface area contributed by atoms with E-state index in [1.165, 1.54) is 11.1 Å². The lowest BCUT2D eigenvalue weighted by atomic mass is 10.2. The summed E-state index contributed by atoms with van der Waals surface area (Å²) in [5.74, 6) is 0.702. The SMILES string of the molecule is O=C(O)/C=C/C=C1CCN(Cc2ccc3c(c2)OCO3)C1. The number of ether oxygens (including phenoxy) is 2. The number of carbonyl (C=O) groups is 1. The second-order valence-electron chi connectivity index (χ2n) is 5.17. The number of carboxylic acids is 1. The van der Waals surface area contributed by atoms with Gasteiger partial charge in [0.1, 0.15) is 0 Å². The summed E-state index contributed by atoms with van der Waals surface area (Å²) in [5, 5.41) is 8.56. The lowest BCUT2D eigenvalue weighted by Crippen LogP contribution is -2.18. The van der Waals surface area contributed by atoms with Gasteiger partial charge in [0.15, 0.2) is 11.5 Å². The van der Waals surface area contributed by atoms with E-state index in [0.717, 1.165) is 43.6 Å². The summed E-state index contributed by atoms with van der Waals surface area (Å²) in [6.45, 7) is 3.02. The molecule has 1 aromatic carbocycles. The van der Waals surface area contributed by atoms with Crippen LogP contribution in [0.3, 0.4) is 0 Å². The molecule has 2 heterocycles. The molecule has 0 bridgehead atoms. The van der Waals surface area contributed by atoms with Gasteiger partial charge >= 0.3 is 5.97 Å². The van der Waals surface area contributed by atoms with Crippen LogP contribution in [0.5, 0.6) is 11.5 Å². The minimum atomic E-state index is -0.915. The van der Waals surface area contributed by atoms with Crippen LogP contribution in [0.2, 0.25) is 0 Å². The van der Waals surface area contributed by atoms with Crippen molar-refractivity contribution in [1.29, 1.82) is 0 Å². The van der Waals surface area contributed by atoms with Gasteiger partial charge in [0.05, 0.1) is 0 Å². The van der Waals surface area contributed by atoms with Gasteiger partial charge < -0.3 is 14.6 Å². The van der Waals surface area contributed by atoms with E-state index in [0.29, 0.717) is 6.79 Å². The number of hydrogen-bond acceptors (Lipinski definition) is 4. The van der Waals surface area contributed by atoms with E-state index in [1.807, 2.05) is 18.2 Å². The Balaban J connectivity index is 1.58. The molecule has 1 aromatic rings. The zero-order chi connectivity index (χ0) is 14.7. The molecule has 0 aromatic heterocycles. The molecule has 0 amide bonds. The number of benzene rings is 1. The molecule has 2 aliphatic heterocycles. The normalized spacial score (nSPS) is 19.7. The smallest absolute Gasteiger partial charge is 0.328 e. The highest BCUT2D eigenvalue weighted by Gasteiger charge is 2.18. The van der Waals surface area contributed by atoms with Crippen molar-refractivity contribution in [2.24, 2.45) is 0 Å². The van der Waals surface area contributed by atoms with E-state index in [4.69, 9.17) is 14.6 Å². The van der Waals surface area contributed by atoms with Crippen molar-refractivity contribution >= 4 is 5.97 Å². The average Bonchev–Trinajstić information content (AvgIpc) is 3.07. The Hall–Kier alpha value is -2.27. The van der Waals surface area contributed by atoms with Crippen LogP contribution in [-0.2, 0) is 11.3 Å². The zero-order valence-electron chi connectivity index (χ0n) is 11.6. The Morgan fingerprint density at radius 3 is 3.05 bits per heavy atom. The number of rotatable bonds is 4. The van der Waals surface area contributed by atoms with Crippen molar-refractivity contribution < 1.29 is 19.4 Å². The molecule has 3 rings (SSSR count). The van der Waals surface area contributed by atoms with Gasteiger partial charge in [0.2, 0.25) is 6.79 Å². The number of likely N-dealkylation sites (tertiary alicyclic amines) is 1. The molecule has 110 valence electrons. The standard InChI is InChI=1S/C16H17NO4/c18-16(19)3-1-2-12-6-7-17(9-12)10-13-4-5-14-15(8-13)21-11-20-14/h1-5,8H,6-7,9-11H2,(H,18,19)/b3-1+,12-2?. The van der Waals surface area contributed by atoms with E-state index in [2.05, 4.69) is 11.0 Å². The first-order chi connectivity index (χ1) is 10.2. The summed E-state index contributed by atoms with van der Waals surface area (Å²) in [7, 11) is 0. The summed E-state index contributed by atoms with van der Waals surface area (Å²) in [6.07, 6.45) is 5.64. The number of nitrogens with zero attached hydrogens (tertiary/aromatic N) is 1. The Morgan fingerprint density at radius 2 is 2.19 bits per heavy atom. The molecule has 1 N–H and O–H groups in total. The summed E-state index contributed by atoms with van der Waals surface area (Å²) >= 11 is 0. The van der Waals surface area contributed by atoms with E-state index < -0.39 is 5.97 Å². The van der Waals surface area contributed by atoms with Gasteiger partial charge in [-0.15, -0.1) is 0 Å². The summed E-state index contributed by atoms with van der Waals surface area (Å²) in [5.41, 5.74) is 2.45. The summed E-state index contributed by atoms with van der Waals surface area (Å²) in [4.78, 5) is 12.8. The second kappa shape index (κ2) is 6.01. The number of fused-ring (bicyclic) bond motifs is 1. The number of allylic oxidation sites excluding steroid dienone is 2. The van der Waals surface area contributed by atoms with E-state index in [-0.39, 0.29) is 0 Å². The quantitative estimate of drug-likeness (QED) is 0.860. The van der Waals surface area contributed by atoms with Gasteiger partial charge in [-0.3, -0.25) is 4.90 Å². The van der Waals surface area contributed by atoms with Crippen molar-refractivity contribution in [2.45, 2.75) is 13.0 Å². The number of carboxylic acid groups (broad SMARTS) is 1. The summed E-state index contributed by atoms with van der Waals surface area (Å²) < 4.78 is 10.7. The fourth-order valence-corrected chi connectivity index (χ4v) is 2.58. The van der Waals surface area contributed by atoms with Crippen LogP contribution in [0.15, 0.2) is 42.0 Å². The molecular formula is C16H17NO4. The molecule has 0 unspecified atom stereocenters. The minimum absolute atomic E-state index is 0.297. The second-order valence-corrected chi connectivity index (χ2v) is 5.17. The van der Waals surface area contributed by atoms with E-state index >= 15 is 0 Å². The molecular weight excluding hydrogens is 270 g/mol. The molecule has 0 saturated carbocycles. The molecule has 2 aliphatic rings. The third-order valence-electron chi connectivity index (χ3n) is 3.59. The first-order valence-electron chi connectivity index (χ1n) is 6.90. The number of hydrogen-bond donors (Lipinski definition) is 1. The zero-order valence-corrected chi connectivity index (χ0v) is 11.6. The van der Waals surface area contributed by atoms with Crippen molar-refractivity contribution in [1.82, 2.24) is 4.90 Å². The fourth-order valence-electron chi connectivity index (χ4n) is 2.58. The largest absolute Gasteiger partial charge is 0.478 e. The maximum absolute atomic E-state index is 10.4. The van der Waals surface area contributed by atoms with Crippen LogP contribution in [0, 0.1) is 0 Å². The minimum Gasteiger partial charge on any atom is -0.478 e. The lowest BCUT2D eigenvalue weighted by molar-refractivity contribution is -0.131. The molecule has 5 nitrogen and oxygen atoms in total. The fraction of sp³-hybridized carbons (Fsp3) is 0.312. The monoisotopic (exact) mass is 287 g/mol. The van der Waals surface area contributed by atoms with E-state index in [1.54, 1.807) is 6.08 Å². The van der Waals surface area contributed by atoms with Crippen LogP contribution in [0.25, 0.3) is 0 Å². The molecule has 0 atom stereocenters. The van der Waals surface area contributed by atoms with E-state index in [9.17, 15) is 4.79 Å². The molecule has 0 spiro atoms. The van der Waals surface area contributed by atoms with Crippen LogP contribution in [0.4, 0.5) is 0 Å². The highest BCUT2D eigenvalue weighted by atomic mass is 16.7. The average molecular weight is 287 g/mol. The maximum atomic E-state index is 10.4. The topological polar surface area (TPSA) is 59.0 Å². The first-order valence-corrected chi connectivity index (χ1v) is 6.90. The van der Waals surface area contributed by atoms with Crippen molar-refractivity contribution in [2.75, 3.05) is 19.9 Å². The third kappa shape index (κ3) is 3.44. The Bertz CT molecular complexity index is 606. The van der Waals surface area contributed by atoms with Gasteiger partial charge in [0.25, 0.3) is 0 Å². The molecule has 1 saturated heterocycles. The Kier molecular flexibility index (Phi) is 3.92. The Labute approximate surface area is 123 Å². The first kappa shape index (κ1) is 13.7. The van der Waals surface area contributed by atoms with Crippen LogP contribution in [0.1, 0.15) is 12.0 Å². The third-order valence-corrected chi connectivity index (χ3v) is 3.59. The maximum Gasteiger partial charge on any atom is 0.328 e. The predicted molar refractivity (Wildman–Crippen MR) is 77.3 cm³/mol. The van der Waals surface area contributed by atoms with Crippen molar-refractivity contribution in [3.63, 3.8) is 0 Å². The van der Waals surface area contributed by atoms with Crippen LogP contribution < -0.4 is 9.47 Å². The molecule has 0 aliphatic carbocycles. The van der Waals surface area contributed by atoms with Gasteiger partial charge in [-0.1, -0.05) is 23.8 Å². The van der Waals surface area contributed by atoms with Crippen LogP contribution >= 0.6 is 0 Å². The summed E-state index contributed by atoms with van der Waals surface area (Å²) in [6, 6.07) is 6.02. The van der Waals surface area contributed by atoms with Crippen LogP contribution in [-0.4, -0.2) is 35.9 Å². The molecule has 21 heavy (non-hydrogen) atoms. The van der Waals surface area contributed by atoms with Gasteiger partial charge in [0, 0.05) is 25.7 Å². The van der Waals surface area contributed by atoms with Gasteiger partial charge in [-0.25, -0.2) is 4.79 Å². The van der Waals surface area contributed by atoms with Gasteiger partial charge in [-0.2, -0.15) is 0 Å². The lowest BCUT2D eigenvalue weighted by Gasteiger charge is -2.14. The highest BCUT2D eigenvalue weighted by Crippen LogP contribution is 2.33. The molecule has 5 heteroatoms. The molecule has 1 fully saturated rings. The Morgan fingerprint density at radius 1 is 1.33 bits per heavy atom. The van der Waals surface area contributed by atoms with Crippen molar-refractivity contribution in [3.05, 3.63) is 47.6 Å².